The summed E-state index contributed by atoms with van der Waals surface area (Å²) in [5.74, 6) is -0.0440. The molecular formula is C6H13NO3S. The largest absolute Gasteiger partial charge is 0.390 e. The van der Waals surface area contributed by atoms with Gasteiger partial charge in [0.05, 0.1) is 11.9 Å². The highest BCUT2D eigenvalue weighted by Gasteiger charge is 2.23. The van der Waals surface area contributed by atoms with Gasteiger partial charge in [-0.25, -0.2) is 4.21 Å². The van der Waals surface area contributed by atoms with Gasteiger partial charge in [0.25, 0.3) is 0 Å². The third-order valence-corrected chi connectivity index (χ3v) is 2.50. The second-order valence-electron chi connectivity index (χ2n) is 2.76. The quantitative estimate of drug-likeness (QED) is 0.502. The molecule has 0 amide bonds. The molecule has 66 valence electrons. The first kappa shape index (κ1) is 9.12. The van der Waals surface area contributed by atoms with Crippen molar-refractivity contribution in [3.8, 4) is 0 Å². The van der Waals surface area contributed by atoms with Crippen molar-refractivity contribution in [2.45, 2.75) is 25.0 Å². The van der Waals surface area contributed by atoms with Crippen LogP contribution >= 0.6 is 0 Å². The van der Waals surface area contributed by atoms with Crippen molar-refractivity contribution in [1.82, 2.24) is 5.32 Å². The Morgan fingerprint density at radius 1 is 1.73 bits per heavy atom. The van der Waals surface area contributed by atoms with E-state index in [1.165, 1.54) is 0 Å². The van der Waals surface area contributed by atoms with E-state index in [1.807, 2.05) is 0 Å². The van der Waals surface area contributed by atoms with E-state index >= 15 is 0 Å². The first-order valence-corrected chi connectivity index (χ1v) is 4.96. The van der Waals surface area contributed by atoms with Crippen molar-refractivity contribution < 1.29 is 13.9 Å². The van der Waals surface area contributed by atoms with Gasteiger partial charge in [-0.05, 0) is 19.4 Å². The Hall–Kier alpha value is 0.0300. The fraction of sp³-hybridized carbons (Fsp3) is 1.00. The van der Waals surface area contributed by atoms with E-state index in [0.29, 0.717) is 0 Å². The molecule has 5 heteroatoms. The van der Waals surface area contributed by atoms with Crippen LogP contribution in [-0.2, 0) is 11.1 Å². The predicted molar refractivity (Wildman–Crippen MR) is 42.7 cm³/mol. The molecule has 0 aliphatic carbocycles. The van der Waals surface area contributed by atoms with Gasteiger partial charge in [-0.2, -0.15) is 0 Å². The van der Waals surface area contributed by atoms with Crippen molar-refractivity contribution in [3.05, 3.63) is 0 Å². The second-order valence-corrected chi connectivity index (χ2v) is 3.73. The molecule has 0 bridgehead atoms. The molecule has 1 heterocycles. The van der Waals surface area contributed by atoms with Crippen molar-refractivity contribution in [2.75, 3.05) is 12.3 Å². The molecule has 1 aliphatic rings. The molecule has 1 fully saturated rings. The first-order chi connectivity index (χ1) is 5.20. The van der Waals surface area contributed by atoms with E-state index in [4.69, 9.17) is 4.55 Å². The monoisotopic (exact) mass is 179 g/mol. The zero-order chi connectivity index (χ0) is 8.27. The lowest BCUT2D eigenvalue weighted by atomic mass is 10.1. The average molecular weight is 179 g/mol. The van der Waals surface area contributed by atoms with E-state index in [9.17, 15) is 9.32 Å². The van der Waals surface area contributed by atoms with Gasteiger partial charge in [0.15, 0.2) is 11.1 Å². The highest BCUT2D eigenvalue weighted by atomic mass is 32.2. The Morgan fingerprint density at radius 2 is 2.45 bits per heavy atom. The van der Waals surface area contributed by atoms with E-state index in [0.717, 1.165) is 19.4 Å². The van der Waals surface area contributed by atoms with Gasteiger partial charge in [0.2, 0.25) is 0 Å². The molecule has 1 saturated heterocycles. The molecule has 1 aliphatic heterocycles. The summed E-state index contributed by atoms with van der Waals surface area (Å²) in [5.41, 5.74) is 0. The van der Waals surface area contributed by atoms with Crippen LogP contribution in [0.1, 0.15) is 12.8 Å². The van der Waals surface area contributed by atoms with Gasteiger partial charge in [0, 0.05) is 6.04 Å². The Balaban J connectivity index is 2.28. The Morgan fingerprint density at radius 3 is 2.91 bits per heavy atom. The van der Waals surface area contributed by atoms with Gasteiger partial charge in [0.1, 0.15) is 0 Å². The number of hydrogen-bond donors (Lipinski definition) is 3. The molecule has 3 N–H and O–H groups in total. The number of aliphatic hydroxyl groups is 1. The molecule has 1 unspecified atom stereocenters. The van der Waals surface area contributed by atoms with Gasteiger partial charge in [-0.15, -0.1) is 0 Å². The molecule has 0 saturated carbocycles. The van der Waals surface area contributed by atoms with Crippen LogP contribution in [0.5, 0.6) is 0 Å². The maximum Gasteiger partial charge on any atom is 0.155 e. The minimum atomic E-state index is -1.88. The third kappa shape index (κ3) is 2.86. The predicted octanol–water partition coefficient (Wildman–Crippen LogP) is -0.679. The normalized spacial score (nSPS) is 30.2. The molecule has 11 heavy (non-hydrogen) atoms. The average Bonchev–Trinajstić information content (AvgIpc) is 2.35. The van der Waals surface area contributed by atoms with Crippen LogP contribution in [0.3, 0.4) is 0 Å². The van der Waals surface area contributed by atoms with Gasteiger partial charge >= 0.3 is 0 Å². The van der Waals surface area contributed by atoms with Crippen LogP contribution in [0.25, 0.3) is 0 Å². The van der Waals surface area contributed by atoms with Crippen molar-refractivity contribution in [2.24, 2.45) is 0 Å². The van der Waals surface area contributed by atoms with E-state index in [-0.39, 0.29) is 11.8 Å². The Labute approximate surface area is 68.3 Å². The minimum Gasteiger partial charge on any atom is -0.390 e. The lowest BCUT2D eigenvalue weighted by molar-refractivity contribution is 0.156. The number of hydrogen-bond acceptors (Lipinski definition) is 3. The number of rotatable bonds is 3. The number of aliphatic hydroxyl groups excluding tert-OH is 1. The molecule has 0 spiro atoms. The lowest BCUT2D eigenvalue weighted by Crippen LogP contribution is -2.38. The van der Waals surface area contributed by atoms with Crippen LogP contribution in [-0.4, -0.2) is 38.3 Å². The number of nitrogens with one attached hydrogen (secondary N) is 1. The summed E-state index contributed by atoms with van der Waals surface area (Å²) in [6.07, 6.45) is 1.27. The molecule has 0 aromatic heterocycles. The van der Waals surface area contributed by atoms with Crippen LogP contribution in [0.15, 0.2) is 0 Å². The summed E-state index contributed by atoms with van der Waals surface area (Å²) in [7, 11) is 0. The van der Waals surface area contributed by atoms with Gasteiger partial charge in [-0.3, -0.25) is 0 Å². The summed E-state index contributed by atoms with van der Waals surface area (Å²) in [6, 6.07) is 0.0195. The summed E-state index contributed by atoms with van der Waals surface area (Å²) >= 11 is -1.88. The van der Waals surface area contributed by atoms with Crippen LogP contribution in [0.4, 0.5) is 0 Å². The summed E-state index contributed by atoms with van der Waals surface area (Å²) < 4.78 is 18.8. The maximum atomic E-state index is 10.3. The fourth-order valence-electron chi connectivity index (χ4n) is 1.30. The molecule has 4 nitrogen and oxygen atoms in total. The summed E-state index contributed by atoms with van der Waals surface area (Å²) in [6.45, 7) is 0.903. The van der Waals surface area contributed by atoms with Crippen LogP contribution < -0.4 is 5.32 Å². The molecule has 0 aromatic rings. The van der Waals surface area contributed by atoms with E-state index in [1.54, 1.807) is 0 Å². The molecular weight excluding hydrogens is 166 g/mol. The smallest absolute Gasteiger partial charge is 0.155 e. The molecule has 3 atom stereocenters. The Bertz CT molecular complexity index is 147. The highest BCUT2D eigenvalue weighted by Crippen LogP contribution is 2.09. The SMILES string of the molecule is O=S(O)C[C@@H](O)[C@@H]1CCCN1. The highest BCUT2D eigenvalue weighted by molar-refractivity contribution is 7.79. The fourth-order valence-corrected chi connectivity index (χ4v) is 1.83. The lowest BCUT2D eigenvalue weighted by Gasteiger charge is -2.15. The van der Waals surface area contributed by atoms with Gasteiger partial charge in [-0.1, -0.05) is 0 Å². The topological polar surface area (TPSA) is 69.6 Å². The van der Waals surface area contributed by atoms with E-state index < -0.39 is 17.2 Å². The molecule has 0 aromatic carbocycles. The van der Waals surface area contributed by atoms with Crippen molar-refractivity contribution in [1.29, 1.82) is 0 Å². The molecule has 0 radical (unpaired) electrons. The standard InChI is InChI=1S/C6H13NO3S/c8-6(4-11(9)10)5-2-1-3-7-5/h5-8H,1-4H2,(H,9,10)/t5-,6+/m0/s1. The maximum absolute atomic E-state index is 10.3. The first-order valence-electron chi connectivity index (χ1n) is 3.69. The van der Waals surface area contributed by atoms with E-state index in [2.05, 4.69) is 5.32 Å². The second kappa shape index (κ2) is 4.15. The Kier molecular flexibility index (Phi) is 3.45. The molecule has 1 rings (SSSR count). The zero-order valence-electron chi connectivity index (χ0n) is 6.19. The minimum absolute atomic E-state index is 0.0195. The van der Waals surface area contributed by atoms with Crippen LogP contribution in [0, 0.1) is 0 Å². The van der Waals surface area contributed by atoms with Crippen LogP contribution in [0.2, 0.25) is 0 Å². The van der Waals surface area contributed by atoms with Gasteiger partial charge < -0.3 is 15.0 Å². The van der Waals surface area contributed by atoms with Crippen molar-refractivity contribution in [3.63, 3.8) is 0 Å². The summed E-state index contributed by atoms with van der Waals surface area (Å²) in [4.78, 5) is 0. The zero-order valence-corrected chi connectivity index (χ0v) is 7.01. The van der Waals surface area contributed by atoms with Crippen molar-refractivity contribution >= 4 is 11.1 Å². The summed E-state index contributed by atoms with van der Waals surface area (Å²) in [5, 5.41) is 12.4. The third-order valence-electron chi connectivity index (χ3n) is 1.88.